The van der Waals surface area contributed by atoms with E-state index in [0.717, 1.165) is 23.6 Å². The van der Waals surface area contributed by atoms with Gasteiger partial charge in [-0.15, -0.1) is 0 Å². The molecule has 2 atom stereocenters. The van der Waals surface area contributed by atoms with Gasteiger partial charge in [-0.2, -0.15) is 13.2 Å². The smallest absolute Gasteiger partial charge is 0.416 e. The summed E-state index contributed by atoms with van der Waals surface area (Å²) >= 11 is 5.97. The summed E-state index contributed by atoms with van der Waals surface area (Å²) in [6, 6.07) is 13.0. The van der Waals surface area contributed by atoms with Crippen LogP contribution in [0.5, 0.6) is 17.2 Å². The van der Waals surface area contributed by atoms with Gasteiger partial charge in [-0.1, -0.05) is 23.7 Å². The molecule has 0 saturated carbocycles. The normalized spacial score (nSPS) is 13.1. The maximum absolute atomic E-state index is 12.8. The number of rotatable bonds is 8. The fraction of sp³-hybridized carbons (Fsp3) is 0.280. The molecular formula is C25H22ClF3O6. The summed E-state index contributed by atoms with van der Waals surface area (Å²) in [5.74, 6) is -0.625. The average Bonchev–Trinajstić information content (AvgIpc) is 2.79. The molecule has 0 heterocycles. The van der Waals surface area contributed by atoms with Crippen LogP contribution in [0.2, 0.25) is 5.02 Å². The second-order valence-electron chi connectivity index (χ2n) is 7.51. The van der Waals surface area contributed by atoms with Crippen LogP contribution in [0.4, 0.5) is 13.2 Å². The Morgan fingerprint density at radius 3 is 2.17 bits per heavy atom. The highest BCUT2D eigenvalue weighted by Crippen LogP contribution is 2.37. The summed E-state index contributed by atoms with van der Waals surface area (Å²) in [7, 11) is 0. The van der Waals surface area contributed by atoms with Crippen LogP contribution in [0.1, 0.15) is 26.3 Å². The third-order valence-corrected chi connectivity index (χ3v) is 5.12. The molecule has 0 bridgehead atoms. The van der Waals surface area contributed by atoms with Gasteiger partial charge in [0.25, 0.3) is 0 Å². The van der Waals surface area contributed by atoms with Crippen LogP contribution in [0.25, 0.3) is 10.8 Å². The van der Waals surface area contributed by atoms with Crippen molar-refractivity contribution in [3.63, 3.8) is 0 Å². The van der Waals surface area contributed by atoms with Gasteiger partial charge in [-0.25, -0.2) is 9.59 Å². The Labute approximate surface area is 204 Å². The summed E-state index contributed by atoms with van der Waals surface area (Å²) in [5.41, 5.74) is -0.876. The van der Waals surface area contributed by atoms with Crippen molar-refractivity contribution in [1.29, 1.82) is 0 Å². The highest BCUT2D eigenvalue weighted by molar-refractivity contribution is 6.32. The van der Waals surface area contributed by atoms with Gasteiger partial charge >= 0.3 is 18.1 Å². The molecule has 6 nitrogen and oxygen atoms in total. The van der Waals surface area contributed by atoms with Crippen molar-refractivity contribution in [1.82, 2.24) is 0 Å². The second-order valence-corrected chi connectivity index (χ2v) is 7.91. The predicted molar refractivity (Wildman–Crippen MR) is 123 cm³/mol. The second kappa shape index (κ2) is 10.9. The Bertz CT molecular complexity index is 1230. The van der Waals surface area contributed by atoms with E-state index in [1.54, 1.807) is 43.3 Å². The van der Waals surface area contributed by atoms with Gasteiger partial charge in [0.2, 0.25) is 0 Å². The van der Waals surface area contributed by atoms with Crippen molar-refractivity contribution in [3.05, 3.63) is 65.2 Å². The number of ether oxygens (including phenoxy) is 4. The fourth-order valence-electron chi connectivity index (χ4n) is 3.06. The molecule has 0 radical (unpaired) electrons. The van der Waals surface area contributed by atoms with Gasteiger partial charge in [-0.05, 0) is 74.0 Å². The van der Waals surface area contributed by atoms with Gasteiger partial charge in [-0.3, -0.25) is 0 Å². The first kappa shape index (κ1) is 26.2. The van der Waals surface area contributed by atoms with Crippen molar-refractivity contribution in [2.75, 3.05) is 6.61 Å². The van der Waals surface area contributed by atoms with Crippen LogP contribution in [-0.2, 0) is 25.2 Å². The van der Waals surface area contributed by atoms with E-state index in [4.69, 9.17) is 30.5 Å². The molecule has 35 heavy (non-hydrogen) atoms. The molecule has 0 aliphatic carbocycles. The zero-order valence-corrected chi connectivity index (χ0v) is 19.8. The number of benzene rings is 3. The van der Waals surface area contributed by atoms with Crippen molar-refractivity contribution < 1.29 is 41.7 Å². The number of hydrogen-bond donors (Lipinski definition) is 0. The lowest BCUT2D eigenvalue weighted by molar-refractivity contribution is -0.170. The minimum absolute atomic E-state index is 0.0681. The minimum Gasteiger partial charge on any atom is -0.479 e. The van der Waals surface area contributed by atoms with Crippen molar-refractivity contribution in [3.8, 4) is 17.2 Å². The number of carbonyl (C=O) groups is 2. The predicted octanol–water partition coefficient (Wildman–Crippen LogP) is 6.57. The Morgan fingerprint density at radius 1 is 0.886 bits per heavy atom. The maximum Gasteiger partial charge on any atom is 0.416 e. The third kappa shape index (κ3) is 6.79. The quantitative estimate of drug-likeness (QED) is 0.319. The standard InChI is InChI=1S/C25H22ClF3O6/c1-4-32-23(30)14(2)34-24(31)15(3)33-19-8-5-16-6-9-20(12-17(16)11-19)35-22-10-7-18(13-21(22)26)25(27,28)29/h5-15H,4H2,1-3H3/t14-,15-/m1/s1. The minimum atomic E-state index is -4.51. The largest absolute Gasteiger partial charge is 0.479 e. The first-order chi connectivity index (χ1) is 16.5. The molecule has 3 rings (SSSR count). The summed E-state index contributed by atoms with van der Waals surface area (Å²) < 4.78 is 59.7. The molecule has 0 fully saturated rings. The molecule has 10 heteroatoms. The van der Waals surface area contributed by atoms with Crippen LogP contribution in [-0.4, -0.2) is 30.8 Å². The molecule has 0 amide bonds. The molecular weight excluding hydrogens is 489 g/mol. The number of fused-ring (bicyclic) bond motifs is 1. The molecule has 0 aliphatic rings. The summed E-state index contributed by atoms with van der Waals surface area (Å²) in [4.78, 5) is 23.9. The topological polar surface area (TPSA) is 71.1 Å². The van der Waals surface area contributed by atoms with E-state index in [0.29, 0.717) is 16.9 Å². The summed E-state index contributed by atoms with van der Waals surface area (Å²) in [5, 5.41) is 1.33. The third-order valence-electron chi connectivity index (χ3n) is 4.83. The van der Waals surface area contributed by atoms with Crippen LogP contribution in [0, 0.1) is 0 Å². The zero-order chi connectivity index (χ0) is 25.8. The molecule has 0 unspecified atom stereocenters. The van der Waals surface area contributed by atoms with Crippen LogP contribution in [0.3, 0.4) is 0 Å². The van der Waals surface area contributed by atoms with E-state index < -0.39 is 35.9 Å². The first-order valence-corrected chi connectivity index (χ1v) is 11.0. The number of esters is 2. The highest BCUT2D eigenvalue weighted by Gasteiger charge is 2.31. The maximum atomic E-state index is 12.8. The van der Waals surface area contributed by atoms with E-state index in [-0.39, 0.29) is 17.4 Å². The SMILES string of the molecule is CCOC(=O)[C@@H](C)OC(=O)[C@@H](C)Oc1ccc2ccc(Oc3ccc(C(F)(F)F)cc3Cl)cc2c1. The molecule has 0 N–H and O–H groups in total. The zero-order valence-electron chi connectivity index (χ0n) is 19.0. The summed E-state index contributed by atoms with van der Waals surface area (Å²) in [6.45, 7) is 4.70. The highest BCUT2D eigenvalue weighted by atomic mass is 35.5. The molecule has 3 aromatic carbocycles. The van der Waals surface area contributed by atoms with E-state index in [1.165, 1.54) is 13.8 Å². The first-order valence-electron chi connectivity index (χ1n) is 10.6. The van der Waals surface area contributed by atoms with Crippen LogP contribution in [0.15, 0.2) is 54.6 Å². The molecule has 0 saturated heterocycles. The number of alkyl halides is 3. The fourth-order valence-corrected chi connectivity index (χ4v) is 3.28. The molecule has 0 aliphatic heterocycles. The van der Waals surface area contributed by atoms with Crippen molar-refractivity contribution in [2.45, 2.75) is 39.2 Å². The number of carbonyl (C=O) groups excluding carboxylic acids is 2. The average molecular weight is 511 g/mol. The summed E-state index contributed by atoms with van der Waals surface area (Å²) in [6.07, 6.45) is -6.58. The lowest BCUT2D eigenvalue weighted by Crippen LogP contribution is -2.33. The van der Waals surface area contributed by atoms with E-state index in [9.17, 15) is 22.8 Å². The molecule has 0 aromatic heterocycles. The van der Waals surface area contributed by atoms with Gasteiger partial charge in [0.1, 0.15) is 17.2 Å². The van der Waals surface area contributed by atoms with E-state index >= 15 is 0 Å². The number of halogens is 4. The Kier molecular flexibility index (Phi) is 8.11. The Hall–Kier alpha value is -3.46. The van der Waals surface area contributed by atoms with E-state index in [2.05, 4.69) is 0 Å². The van der Waals surface area contributed by atoms with Gasteiger partial charge in [0.05, 0.1) is 17.2 Å². The van der Waals surface area contributed by atoms with Crippen molar-refractivity contribution >= 4 is 34.3 Å². The molecule has 0 spiro atoms. The Balaban J connectivity index is 1.72. The van der Waals surface area contributed by atoms with Gasteiger partial charge in [0.15, 0.2) is 12.2 Å². The molecule has 3 aromatic rings. The van der Waals surface area contributed by atoms with Crippen molar-refractivity contribution in [2.24, 2.45) is 0 Å². The van der Waals surface area contributed by atoms with Crippen LogP contribution < -0.4 is 9.47 Å². The van der Waals surface area contributed by atoms with Gasteiger partial charge in [0, 0.05) is 0 Å². The molecule has 186 valence electrons. The van der Waals surface area contributed by atoms with Gasteiger partial charge < -0.3 is 18.9 Å². The number of hydrogen-bond acceptors (Lipinski definition) is 6. The monoisotopic (exact) mass is 510 g/mol. The van der Waals surface area contributed by atoms with E-state index in [1.807, 2.05) is 0 Å². The Morgan fingerprint density at radius 2 is 1.54 bits per heavy atom. The van der Waals surface area contributed by atoms with Crippen LogP contribution >= 0.6 is 11.6 Å². The lowest BCUT2D eigenvalue weighted by atomic mass is 10.1. The lowest BCUT2D eigenvalue weighted by Gasteiger charge is -2.17.